The molecule has 138 valence electrons. The lowest BCUT2D eigenvalue weighted by Crippen LogP contribution is -2.45. The summed E-state index contributed by atoms with van der Waals surface area (Å²) in [6.07, 6.45) is 0. The SMILES string of the molecule is CC(C)[C@H](NC(=O)c1ccc(Cl)cc1Cl)C(=O)OCc1ccc(Cl)cc1. The average molecular weight is 415 g/mol. The molecule has 0 saturated carbocycles. The normalized spacial score (nSPS) is 11.9. The highest BCUT2D eigenvalue weighted by atomic mass is 35.5. The van der Waals surface area contributed by atoms with E-state index < -0.39 is 17.9 Å². The monoisotopic (exact) mass is 413 g/mol. The minimum atomic E-state index is -0.804. The van der Waals surface area contributed by atoms with Gasteiger partial charge in [-0.15, -0.1) is 0 Å². The van der Waals surface area contributed by atoms with Crippen LogP contribution in [0.5, 0.6) is 0 Å². The summed E-state index contributed by atoms with van der Waals surface area (Å²) in [6, 6.07) is 10.7. The number of hydrogen-bond donors (Lipinski definition) is 1. The molecule has 0 heterocycles. The van der Waals surface area contributed by atoms with Gasteiger partial charge in [0, 0.05) is 10.0 Å². The molecule has 0 saturated heterocycles. The Hall–Kier alpha value is -1.75. The van der Waals surface area contributed by atoms with Crippen molar-refractivity contribution in [1.29, 1.82) is 0 Å². The van der Waals surface area contributed by atoms with Crippen LogP contribution >= 0.6 is 34.8 Å². The van der Waals surface area contributed by atoms with Crippen LogP contribution in [0.2, 0.25) is 15.1 Å². The fourth-order valence-electron chi connectivity index (χ4n) is 2.22. The molecule has 2 aromatic carbocycles. The summed E-state index contributed by atoms with van der Waals surface area (Å²) < 4.78 is 5.33. The van der Waals surface area contributed by atoms with Gasteiger partial charge >= 0.3 is 5.97 Å². The summed E-state index contributed by atoms with van der Waals surface area (Å²) in [5.74, 6) is -1.15. The smallest absolute Gasteiger partial charge is 0.329 e. The zero-order valence-corrected chi connectivity index (χ0v) is 16.5. The van der Waals surface area contributed by atoms with Crippen LogP contribution in [-0.2, 0) is 16.1 Å². The molecule has 0 aliphatic carbocycles. The summed E-state index contributed by atoms with van der Waals surface area (Å²) in [5.41, 5.74) is 1.05. The number of ether oxygens (including phenoxy) is 1. The fraction of sp³-hybridized carbons (Fsp3) is 0.263. The average Bonchev–Trinajstić information content (AvgIpc) is 2.58. The van der Waals surface area contributed by atoms with Crippen LogP contribution in [0, 0.1) is 5.92 Å². The zero-order chi connectivity index (χ0) is 19.3. The van der Waals surface area contributed by atoms with E-state index in [0.717, 1.165) is 5.56 Å². The van der Waals surface area contributed by atoms with Crippen molar-refractivity contribution >= 4 is 46.7 Å². The van der Waals surface area contributed by atoms with Crippen molar-refractivity contribution in [3.63, 3.8) is 0 Å². The fourth-order valence-corrected chi connectivity index (χ4v) is 2.84. The minimum Gasteiger partial charge on any atom is -0.459 e. The van der Waals surface area contributed by atoms with E-state index >= 15 is 0 Å². The predicted molar refractivity (Wildman–Crippen MR) is 104 cm³/mol. The van der Waals surface area contributed by atoms with Crippen LogP contribution < -0.4 is 5.32 Å². The van der Waals surface area contributed by atoms with Crippen LogP contribution in [0.3, 0.4) is 0 Å². The third-order valence-electron chi connectivity index (χ3n) is 3.68. The first-order valence-electron chi connectivity index (χ1n) is 7.95. The van der Waals surface area contributed by atoms with Crippen LogP contribution in [0.15, 0.2) is 42.5 Å². The number of rotatable bonds is 6. The number of nitrogens with one attached hydrogen (secondary N) is 1. The highest BCUT2D eigenvalue weighted by Crippen LogP contribution is 2.21. The lowest BCUT2D eigenvalue weighted by molar-refractivity contribution is -0.148. The van der Waals surface area contributed by atoms with E-state index in [1.54, 1.807) is 30.3 Å². The molecule has 0 aliphatic rings. The highest BCUT2D eigenvalue weighted by molar-refractivity contribution is 6.36. The van der Waals surface area contributed by atoms with Gasteiger partial charge in [-0.25, -0.2) is 4.79 Å². The first-order valence-corrected chi connectivity index (χ1v) is 9.08. The Morgan fingerprint density at radius 2 is 1.62 bits per heavy atom. The number of esters is 1. The lowest BCUT2D eigenvalue weighted by Gasteiger charge is -2.21. The standard InChI is InChI=1S/C19H18Cl3NO3/c1-11(2)17(19(25)26-10-12-3-5-13(20)6-4-12)23-18(24)15-8-7-14(21)9-16(15)22/h3-9,11,17H,10H2,1-2H3,(H,23,24)/t17-/m0/s1. The van der Waals surface area contributed by atoms with Gasteiger partial charge in [0.1, 0.15) is 12.6 Å². The van der Waals surface area contributed by atoms with Gasteiger partial charge in [-0.05, 0) is 41.8 Å². The third-order valence-corrected chi connectivity index (χ3v) is 4.48. The number of hydrogen-bond acceptors (Lipinski definition) is 3. The molecule has 7 heteroatoms. The van der Waals surface area contributed by atoms with Gasteiger partial charge in [-0.1, -0.05) is 60.8 Å². The van der Waals surface area contributed by atoms with E-state index in [4.69, 9.17) is 39.5 Å². The van der Waals surface area contributed by atoms with Gasteiger partial charge in [0.15, 0.2) is 0 Å². The molecule has 0 radical (unpaired) electrons. The number of carbonyl (C=O) groups excluding carboxylic acids is 2. The number of benzene rings is 2. The van der Waals surface area contributed by atoms with Crippen molar-refractivity contribution < 1.29 is 14.3 Å². The third kappa shape index (κ3) is 5.63. The van der Waals surface area contributed by atoms with Gasteiger partial charge in [-0.2, -0.15) is 0 Å². The first-order chi connectivity index (χ1) is 12.3. The molecule has 2 rings (SSSR count). The molecule has 0 aliphatic heterocycles. The predicted octanol–water partition coefficient (Wildman–Crippen LogP) is 5.14. The number of carbonyl (C=O) groups is 2. The van der Waals surface area contributed by atoms with Crippen LogP contribution in [0.4, 0.5) is 0 Å². The van der Waals surface area contributed by atoms with Crippen molar-refractivity contribution in [2.75, 3.05) is 0 Å². The van der Waals surface area contributed by atoms with Gasteiger partial charge in [0.05, 0.1) is 10.6 Å². The van der Waals surface area contributed by atoms with Crippen molar-refractivity contribution in [3.8, 4) is 0 Å². The summed E-state index contributed by atoms with van der Waals surface area (Å²) >= 11 is 17.7. The largest absolute Gasteiger partial charge is 0.459 e. The molecule has 0 bridgehead atoms. The molecule has 2 aromatic rings. The Kier molecular flexibility index (Phi) is 7.33. The Morgan fingerprint density at radius 3 is 2.19 bits per heavy atom. The van der Waals surface area contributed by atoms with Crippen LogP contribution in [0.25, 0.3) is 0 Å². The molecule has 1 atom stereocenters. The van der Waals surface area contributed by atoms with Crippen molar-refractivity contribution in [2.24, 2.45) is 5.92 Å². The van der Waals surface area contributed by atoms with E-state index in [-0.39, 0.29) is 23.1 Å². The summed E-state index contributed by atoms with van der Waals surface area (Å²) in [5, 5.41) is 3.92. The highest BCUT2D eigenvalue weighted by Gasteiger charge is 2.27. The molecule has 1 N–H and O–H groups in total. The first kappa shape index (κ1) is 20.6. The van der Waals surface area contributed by atoms with E-state index in [9.17, 15) is 9.59 Å². The second kappa shape index (κ2) is 9.26. The van der Waals surface area contributed by atoms with Crippen LogP contribution in [-0.4, -0.2) is 17.9 Å². The maximum absolute atomic E-state index is 12.4. The zero-order valence-electron chi connectivity index (χ0n) is 14.3. The summed E-state index contributed by atoms with van der Waals surface area (Å²) in [7, 11) is 0. The molecular formula is C19H18Cl3NO3. The molecule has 4 nitrogen and oxygen atoms in total. The molecule has 1 amide bonds. The van der Waals surface area contributed by atoms with Crippen molar-refractivity contribution in [1.82, 2.24) is 5.32 Å². The summed E-state index contributed by atoms with van der Waals surface area (Å²) in [6.45, 7) is 3.73. The molecule has 26 heavy (non-hydrogen) atoms. The van der Waals surface area contributed by atoms with Gasteiger partial charge in [0.2, 0.25) is 0 Å². The maximum Gasteiger partial charge on any atom is 0.329 e. The van der Waals surface area contributed by atoms with E-state index in [0.29, 0.717) is 10.0 Å². The van der Waals surface area contributed by atoms with Gasteiger partial charge in [0.25, 0.3) is 5.91 Å². The van der Waals surface area contributed by atoms with Crippen LogP contribution in [0.1, 0.15) is 29.8 Å². The quantitative estimate of drug-likeness (QED) is 0.665. The van der Waals surface area contributed by atoms with E-state index in [2.05, 4.69) is 5.32 Å². The Balaban J connectivity index is 2.03. The Morgan fingerprint density at radius 1 is 1.00 bits per heavy atom. The van der Waals surface area contributed by atoms with Crippen molar-refractivity contribution in [2.45, 2.75) is 26.5 Å². The van der Waals surface area contributed by atoms with Crippen molar-refractivity contribution in [3.05, 3.63) is 68.7 Å². The molecular weight excluding hydrogens is 397 g/mol. The number of halogens is 3. The Bertz CT molecular complexity index is 791. The molecule has 0 unspecified atom stereocenters. The summed E-state index contributed by atoms with van der Waals surface area (Å²) in [4.78, 5) is 24.9. The lowest BCUT2D eigenvalue weighted by atomic mass is 10.0. The van der Waals surface area contributed by atoms with Gasteiger partial charge < -0.3 is 10.1 Å². The number of amides is 1. The van der Waals surface area contributed by atoms with E-state index in [1.165, 1.54) is 12.1 Å². The van der Waals surface area contributed by atoms with E-state index in [1.807, 2.05) is 13.8 Å². The molecule has 0 fully saturated rings. The Labute approximate surface area is 167 Å². The second-order valence-corrected chi connectivity index (χ2v) is 7.33. The molecule has 0 aromatic heterocycles. The van der Waals surface area contributed by atoms with Gasteiger partial charge in [-0.3, -0.25) is 4.79 Å². The maximum atomic E-state index is 12.4. The second-order valence-electron chi connectivity index (χ2n) is 6.05. The topological polar surface area (TPSA) is 55.4 Å². The minimum absolute atomic E-state index is 0.0940. The molecule has 0 spiro atoms.